The molecule has 1 atom stereocenters. The molecule has 2 rings (SSSR count). The monoisotopic (exact) mass is 371 g/mol. The zero-order valence-electron chi connectivity index (χ0n) is 11.4. The van der Waals surface area contributed by atoms with Crippen LogP contribution in [0.25, 0.3) is 0 Å². The molecular weight excluding hydrogens is 357 g/mol. The lowest BCUT2D eigenvalue weighted by atomic mass is 10.0. The van der Waals surface area contributed by atoms with E-state index in [1.54, 1.807) is 0 Å². The van der Waals surface area contributed by atoms with Crippen molar-refractivity contribution >= 4 is 44.8 Å². The predicted octanol–water partition coefficient (Wildman–Crippen LogP) is 6.63. The second kappa shape index (κ2) is 6.84. The summed E-state index contributed by atoms with van der Waals surface area (Å²) in [5.41, 5.74) is 3.46. The Morgan fingerprint density at radius 2 is 1.90 bits per heavy atom. The van der Waals surface area contributed by atoms with Crippen molar-refractivity contribution < 1.29 is 0 Å². The molecular formula is C16H16BrCl2N. The van der Waals surface area contributed by atoms with Crippen LogP contribution in [0.2, 0.25) is 10.0 Å². The van der Waals surface area contributed by atoms with Crippen LogP contribution in [-0.4, -0.2) is 0 Å². The lowest BCUT2D eigenvalue weighted by Gasteiger charge is -2.21. The quantitative estimate of drug-likeness (QED) is 0.635. The summed E-state index contributed by atoms with van der Waals surface area (Å²) in [6.45, 7) is 4.24. The van der Waals surface area contributed by atoms with Crippen LogP contribution in [0.4, 0.5) is 5.69 Å². The Labute approximate surface area is 138 Å². The summed E-state index contributed by atoms with van der Waals surface area (Å²) in [7, 11) is 0. The number of anilines is 1. The van der Waals surface area contributed by atoms with Gasteiger partial charge in [-0.25, -0.2) is 0 Å². The average molecular weight is 373 g/mol. The SMILES string of the molecule is CCC(Nc1cccc(Br)c1C)c1ccc(Cl)c(Cl)c1. The number of hydrogen-bond acceptors (Lipinski definition) is 1. The average Bonchev–Trinajstić information content (AvgIpc) is 2.44. The molecule has 0 fully saturated rings. The van der Waals surface area contributed by atoms with Crippen molar-refractivity contribution in [2.45, 2.75) is 26.3 Å². The second-order valence-electron chi connectivity index (χ2n) is 4.69. The minimum absolute atomic E-state index is 0.206. The Morgan fingerprint density at radius 3 is 2.55 bits per heavy atom. The molecule has 2 aromatic carbocycles. The van der Waals surface area contributed by atoms with E-state index in [1.165, 1.54) is 5.56 Å². The zero-order valence-corrected chi connectivity index (χ0v) is 14.5. The van der Waals surface area contributed by atoms with Gasteiger partial charge in [0.1, 0.15) is 0 Å². The van der Waals surface area contributed by atoms with E-state index < -0.39 is 0 Å². The molecule has 0 bridgehead atoms. The van der Waals surface area contributed by atoms with E-state index in [0.29, 0.717) is 10.0 Å². The molecule has 1 N–H and O–H groups in total. The third-order valence-corrected chi connectivity index (χ3v) is 4.95. The Balaban J connectivity index is 2.28. The number of nitrogens with one attached hydrogen (secondary N) is 1. The molecule has 1 unspecified atom stereocenters. The van der Waals surface area contributed by atoms with Crippen LogP contribution in [0.1, 0.15) is 30.5 Å². The molecule has 106 valence electrons. The van der Waals surface area contributed by atoms with Crippen molar-refractivity contribution in [2.75, 3.05) is 5.32 Å². The number of hydrogen-bond donors (Lipinski definition) is 1. The first-order valence-electron chi connectivity index (χ1n) is 6.49. The molecule has 0 radical (unpaired) electrons. The van der Waals surface area contributed by atoms with Gasteiger partial charge in [0.05, 0.1) is 16.1 Å². The summed E-state index contributed by atoms with van der Waals surface area (Å²) >= 11 is 15.6. The van der Waals surface area contributed by atoms with Gasteiger partial charge in [-0.15, -0.1) is 0 Å². The van der Waals surface area contributed by atoms with Gasteiger partial charge in [-0.2, -0.15) is 0 Å². The highest BCUT2D eigenvalue weighted by Crippen LogP contribution is 2.31. The van der Waals surface area contributed by atoms with Crippen molar-refractivity contribution in [2.24, 2.45) is 0 Å². The maximum Gasteiger partial charge on any atom is 0.0595 e. The highest BCUT2D eigenvalue weighted by atomic mass is 79.9. The largest absolute Gasteiger partial charge is 0.378 e. The van der Waals surface area contributed by atoms with Crippen LogP contribution >= 0.6 is 39.1 Å². The van der Waals surface area contributed by atoms with Crippen LogP contribution < -0.4 is 5.32 Å². The third kappa shape index (κ3) is 3.49. The maximum atomic E-state index is 6.11. The van der Waals surface area contributed by atoms with Crippen molar-refractivity contribution in [1.82, 2.24) is 0 Å². The normalized spacial score (nSPS) is 12.2. The summed E-state index contributed by atoms with van der Waals surface area (Å²) in [4.78, 5) is 0. The van der Waals surface area contributed by atoms with Gasteiger partial charge in [0.2, 0.25) is 0 Å². The molecule has 20 heavy (non-hydrogen) atoms. The standard InChI is InChI=1S/C16H16BrCl2N/c1-3-15(11-7-8-13(18)14(19)9-11)20-16-6-4-5-12(17)10(16)2/h4-9,15,20H,3H2,1-2H3. The van der Waals surface area contributed by atoms with Crippen molar-refractivity contribution in [1.29, 1.82) is 0 Å². The van der Waals surface area contributed by atoms with Gasteiger partial charge in [0, 0.05) is 10.2 Å². The van der Waals surface area contributed by atoms with Gasteiger partial charge in [-0.3, -0.25) is 0 Å². The van der Waals surface area contributed by atoms with Gasteiger partial charge in [-0.1, -0.05) is 58.2 Å². The van der Waals surface area contributed by atoms with Gasteiger partial charge >= 0.3 is 0 Å². The highest BCUT2D eigenvalue weighted by molar-refractivity contribution is 9.10. The van der Waals surface area contributed by atoms with Gasteiger partial charge in [0.15, 0.2) is 0 Å². The lowest BCUT2D eigenvalue weighted by molar-refractivity contribution is 0.748. The molecule has 0 aliphatic rings. The summed E-state index contributed by atoms with van der Waals surface area (Å²) in [5, 5.41) is 4.75. The fourth-order valence-electron chi connectivity index (χ4n) is 2.10. The van der Waals surface area contributed by atoms with Gasteiger partial charge in [-0.05, 0) is 48.7 Å². The molecule has 0 aromatic heterocycles. The van der Waals surface area contributed by atoms with Gasteiger partial charge < -0.3 is 5.32 Å². The van der Waals surface area contributed by atoms with Crippen LogP contribution in [0.3, 0.4) is 0 Å². The Kier molecular flexibility index (Phi) is 5.36. The van der Waals surface area contributed by atoms with Crippen LogP contribution in [0.5, 0.6) is 0 Å². The molecule has 0 amide bonds. The van der Waals surface area contributed by atoms with E-state index in [2.05, 4.69) is 41.2 Å². The third-order valence-electron chi connectivity index (χ3n) is 3.35. The van der Waals surface area contributed by atoms with E-state index in [1.807, 2.05) is 30.3 Å². The minimum Gasteiger partial charge on any atom is -0.378 e. The Bertz CT molecular complexity index is 613. The fourth-order valence-corrected chi connectivity index (χ4v) is 2.77. The van der Waals surface area contributed by atoms with E-state index in [9.17, 15) is 0 Å². The Morgan fingerprint density at radius 1 is 1.15 bits per heavy atom. The molecule has 2 aromatic rings. The van der Waals surface area contributed by atoms with Crippen LogP contribution in [0.15, 0.2) is 40.9 Å². The summed E-state index contributed by atoms with van der Waals surface area (Å²) < 4.78 is 1.10. The summed E-state index contributed by atoms with van der Waals surface area (Å²) in [6, 6.07) is 12.2. The fraction of sp³-hybridized carbons (Fsp3) is 0.250. The van der Waals surface area contributed by atoms with Crippen molar-refractivity contribution in [3.63, 3.8) is 0 Å². The molecule has 0 saturated carbocycles. The first-order valence-corrected chi connectivity index (χ1v) is 8.04. The molecule has 1 nitrogen and oxygen atoms in total. The van der Waals surface area contributed by atoms with E-state index >= 15 is 0 Å². The molecule has 4 heteroatoms. The zero-order chi connectivity index (χ0) is 14.7. The Hall–Kier alpha value is -0.700. The smallest absolute Gasteiger partial charge is 0.0595 e. The maximum absolute atomic E-state index is 6.11. The van der Waals surface area contributed by atoms with Crippen LogP contribution in [0, 0.1) is 6.92 Å². The molecule has 0 aliphatic carbocycles. The highest BCUT2D eigenvalue weighted by Gasteiger charge is 2.12. The second-order valence-corrected chi connectivity index (χ2v) is 6.36. The number of rotatable bonds is 4. The first-order chi connectivity index (χ1) is 9.52. The molecule has 0 heterocycles. The minimum atomic E-state index is 0.206. The lowest BCUT2D eigenvalue weighted by Crippen LogP contribution is -2.10. The topological polar surface area (TPSA) is 12.0 Å². The van der Waals surface area contributed by atoms with Crippen molar-refractivity contribution in [3.8, 4) is 0 Å². The summed E-state index contributed by atoms with van der Waals surface area (Å²) in [6.07, 6.45) is 0.962. The van der Waals surface area contributed by atoms with E-state index in [0.717, 1.165) is 22.1 Å². The number of halogens is 3. The van der Waals surface area contributed by atoms with Crippen LogP contribution in [-0.2, 0) is 0 Å². The van der Waals surface area contributed by atoms with Gasteiger partial charge in [0.25, 0.3) is 0 Å². The molecule has 0 spiro atoms. The number of benzene rings is 2. The first kappa shape index (κ1) is 15.7. The van der Waals surface area contributed by atoms with E-state index in [-0.39, 0.29) is 6.04 Å². The molecule has 0 aliphatic heterocycles. The van der Waals surface area contributed by atoms with Crippen molar-refractivity contribution in [3.05, 3.63) is 62.0 Å². The van der Waals surface area contributed by atoms with E-state index in [4.69, 9.17) is 23.2 Å². The predicted molar refractivity (Wildman–Crippen MR) is 92.0 cm³/mol. The molecule has 0 saturated heterocycles. The summed E-state index contributed by atoms with van der Waals surface area (Å²) in [5.74, 6) is 0.